The second-order valence-electron chi connectivity index (χ2n) is 3.26. The van der Waals surface area contributed by atoms with Gasteiger partial charge in [0, 0.05) is 24.2 Å². The zero-order chi connectivity index (χ0) is 12.5. The van der Waals surface area contributed by atoms with Gasteiger partial charge in [-0.15, -0.1) is 0 Å². The van der Waals surface area contributed by atoms with Crippen molar-refractivity contribution >= 4 is 0 Å². The Morgan fingerprint density at radius 2 is 1.76 bits per heavy atom. The van der Waals surface area contributed by atoms with Gasteiger partial charge in [-0.1, -0.05) is 19.9 Å². The molecule has 0 unspecified atom stereocenters. The van der Waals surface area contributed by atoms with Gasteiger partial charge in [-0.3, -0.25) is 4.98 Å². The highest BCUT2D eigenvalue weighted by atomic mass is 16.5. The van der Waals surface area contributed by atoms with Crippen molar-refractivity contribution in [3.05, 3.63) is 54.0 Å². The van der Waals surface area contributed by atoms with Crippen LogP contribution in [0, 0.1) is 6.92 Å². The van der Waals surface area contributed by atoms with Crippen LogP contribution in [-0.4, -0.2) is 9.97 Å². The molecule has 2 heterocycles. The Labute approximate surface area is 103 Å². The van der Waals surface area contributed by atoms with Crippen LogP contribution in [-0.2, 0) is 6.61 Å². The number of aryl methyl sites for hydroxylation is 1. The highest BCUT2D eigenvalue weighted by molar-refractivity contribution is 5.16. The lowest BCUT2D eigenvalue weighted by Gasteiger charge is -2.05. The van der Waals surface area contributed by atoms with Crippen LogP contribution in [0.15, 0.2) is 42.7 Å². The summed E-state index contributed by atoms with van der Waals surface area (Å²) in [7, 11) is 0. The Bertz CT molecular complexity index is 429. The molecule has 0 radical (unpaired) electrons. The van der Waals surface area contributed by atoms with E-state index in [4.69, 9.17) is 4.74 Å². The molecule has 3 nitrogen and oxygen atoms in total. The molecule has 0 N–H and O–H groups in total. The molecule has 0 aliphatic carbocycles. The molecule has 0 aromatic carbocycles. The average Bonchev–Trinajstić information content (AvgIpc) is 2.40. The molecule has 0 atom stereocenters. The molecule has 0 saturated carbocycles. The van der Waals surface area contributed by atoms with Crippen LogP contribution < -0.4 is 4.74 Å². The summed E-state index contributed by atoms with van der Waals surface area (Å²) in [5.74, 6) is 0.659. The number of nitrogens with zero attached hydrogens (tertiary/aromatic N) is 2. The largest absolute Gasteiger partial charge is 0.473 e. The van der Waals surface area contributed by atoms with Crippen molar-refractivity contribution in [2.75, 3.05) is 0 Å². The number of aromatic nitrogens is 2. The second kappa shape index (κ2) is 7.39. The number of hydrogen-bond acceptors (Lipinski definition) is 3. The number of rotatable bonds is 3. The van der Waals surface area contributed by atoms with Gasteiger partial charge in [-0.05, 0) is 30.7 Å². The van der Waals surface area contributed by atoms with E-state index >= 15 is 0 Å². The summed E-state index contributed by atoms with van der Waals surface area (Å²) < 4.78 is 5.53. The van der Waals surface area contributed by atoms with Gasteiger partial charge >= 0.3 is 0 Å². The Morgan fingerprint density at radius 1 is 1.06 bits per heavy atom. The molecule has 2 aromatic rings. The first-order valence-corrected chi connectivity index (χ1v) is 5.80. The Balaban J connectivity index is 0.000000686. The molecule has 0 bridgehead atoms. The fourth-order valence-electron chi connectivity index (χ4n) is 1.23. The number of pyridine rings is 2. The Hall–Kier alpha value is -1.90. The molecular formula is C14H18N2O. The molecule has 0 fully saturated rings. The van der Waals surface area contributed by atoms with E-state index in [9.17, 15) is 0 Å². The second-order valence-corrected chi connectivity index (χ2v) is 3.26. The van der Waals surface area contributed by atoms with Crippen LogP contribution in [0.25, 0.3) is 0 Å². The van der Waals surface area contributed by atoms with Gasteiger partial charge in [0.1, 0.15) is 6.61 Å². The van der Waals surface area contributed by atoms with Gasteiger partial charge in [0.05, 0.1) is 0 Å². The molecule has 0 saturated heterocycles. The highest BCUT2D eigenvalue weighted by Gasteiger charge is 1.96. The summed E-state index contributed by atoms with van der Waals surface area (Å²) >= 11 is 0. The Morgan fingerprint density at radius 3 is 2.41 bits per heavy atom. The molecule has 0 amide bonds. The minimum absolute atomic E-state index is 0.527. The molecule has 0 spiro atoms. The van der Waals surface area contributed by atoms with E-state index in [0.717, 1.165) is 11.3 Å². The third-order valence-electron chi connectivity index (χ3n) is 2.00. The molecular weight excluding hydrogens is 212 g/mol. The predicted molar refractivity (Wildman–Crippen MR) is 68.9 cm³/mol. The van der Waals surface area contributed by atoms with Crippen molar-refractivity contribution in [2.45, 2.75) is 27.4 Å². The lowest BCUT2D eigenvalue weighted by atomic mass is 10.3. The zero-order valence-corrected chi connectivity index (χ0v) is 10.6. The number of hydrogen-bond donors (Lipinski definition) is 0. The maximum Gasteiger partial charge on any atom is 0.213 e. The van der Waals surface area contributed by atoms with Gasteiger partial charge in [0.2, 0.25) is 5.88 Å². The maximum atomic E-state index is 5.53. The van der Waals surface area contributed by atoms with Gasteiger partial charge < -0.3 is 4.74 Å². The molecule has 17 heavy (non-hydrogen) atoms. The number of ether oxygens (including phenoxy) is 1. The molecule has 0 aliphatic rings. The fourth-order valence-corrected chi connectivity index (χ4v) is 1.23. The van der Waals surface area contributed by atoms with Crippen molar-refractivity contribution in [3.63, 3.8) is 0 Å². The van der Waals surface area contributed by atoms with Gasteiger partial charge in [-0.25, -0.2) is 4.98 Å². The summed E-state index contributed by atoms with van der Waals surface area (Å²) in [5.41, 5.74) is 2.05. The smallest absolute Gasteiger partial charge is 0.213 e. The normalized spacial score (nSPS) is 9.12. The van der Waals surface area contributed by atoms with Crippen molar-refractivity contribution in [1.82, 2.24) is 9.97 Å². The van der Waals surface area contributed by atoms with Crippen LogP contribution >= 0.6 is 0 Å². The molecule has 90 valence electrons. The lowest BCUT2D eigenvalue weighted by Crippen LogP contribution is -1.97. The van der Waals surface area contributed by atoms with E-state index in [1.54, 1.807) is 12.4 Å². The maximum absolute atomic E-state index is 5.53. The van der Waals surface area contributed by atoms with Crippen LogP contribution in [0.3, 0.4) is 0 Å². The molecule has 2 aromatic heterocycles. The highest BCUT2D eigenvalue weighted by Crippen LogP contribution is 2.09. The van der Waals surface area contributed by atoms with Gasteiger partial charge in [0.15, 0.2) is 0 Å². The summed E-state index contributed by atoms with van der Waals surface area (Å²) in [6.07, 6.45) is 3.50. The lowest BCUT2D eigenvalue weighted by molar-refractivity contribution is 0.293. The van der Waals surface area contributed by atoms with E-state index in [2.05, 4.69) is 9.97 Å². The fraction of sp³-hybridized carbons (Fsp3) is 0.286. The first-order chi connectivity index (χ1) is 8.34. The summed E-state index contributed by atoms with van der Waals surface area (Å²) in [4.78, 5) is 8.19. The van der Waals surface area contributed by atoms with E-state index in [-0.39, 0.29) is 0 Å². The zero-order valence-electron chi connectivity index (χ0n) is 10.6. The van der Waals surface area contributed by atoms with E-state index in [1.165, 1.54) is 0 Å². The topological polar surface area (TPSA) is 35.0 Å². The first-order valence-electron chi connectivity index (χ1n) is 5.80. The van der Waals surface area contributed by atoms with Gasteiger partial charge in [0.25, 0.3) is 0 Å². The third-order valence-corrected chi connectivity index (χ3v) is 2.00. The standard InChI is InChI=1S/C12H12N2O.C2H6/c1-10-3-2-4-12(14-10)15-9-11-5-7-13-8-6-11;1-2/h2-8H,9H2,1H3;1-2H3. The van der Waals surface area contributed by atoms with E-state index < -0.39 is 0 Å². The summed E-state index contributed by atoms with van der Waals surface area (Å²) in [6, 6.07) is 9.59. The third kappa shape index (κ3) is 4.64. The van der Waals surface area contributed by atoms with Crippen LogP contribution in [0.4, 0.5) is 0 Å². The van der Waals surface area contributed by atoms with E-state index in [1.807, 2.05) is 51.1 Å². The minimum atomic E-state index is 0.527. The average molecular weight is 230 g/mol. The van der Waals surface area contributed by atoms with Gasteiger partial charge in [-0.2, -0.15) is 0 Å². The van der Waals surface area contributed by atoms with Crippen molar-refractivity contribution in [2.24, 2.45) is 0 Å². The minimum Gasteiger partial charge on any atom is -0.473 e. The Kier molecular flexibility index (Phi) is 5.72. The summed E-state index contributed by atoms with van der Waals surface area (Å²) in [6.45, 7) is 6.47. The first kappa shape index (κ1) is 13.2. The predicted octanol–water partition coefficient (Wildman–Crippen LogP) is 3.39. The van der Waals surface area contributed by atoms with Crippen LogP contribution in [0.1, 0.15) is 25.1 Å². The van der Waals surface area contributed by atoms with Crippen LogP contribution in [0.5, 0.6) is 5.88 Å². The van der Waals surface area contributed by atoms with Crippen molar-refractivity contribution in [3.8, 4) is 5.88 Å². The molecule has 2 rings (SSSR count). The molecule has 3 heteroatoms. The SMILES string of the molecule is CC.Cc1cccc(OCc2ccncc2)n1. The van der Waals surface area contributed by atoms with Crippen molar-refractivity contribution in [1.29, 1.82) is 0 Å². The van der Waals surface area contributed by atoms with Crippen LogP contribution in [0.2, 0.25) is 0 Å². The van der Waals surface area contributed by atoms with E-state index in [0.29, 0.717) is 12.5 Å². The summed E-state index contributed by atoms with van der Waals surface area (Å²) in [5, 5.41) is 0. The quantitative estimate of drug-likeness (QED) is 0.810. The molecule has 0 aliphatic heterocycles. The van der Waals surface area contributed by atoms with Crippen molar-refractivity contribution < 1.29 is 4.74 Å². The monoisotopic (exact) mass is 230 g/mol.